The molecule has 1 saturated heterocycles. The normalized spacial score (nSPS) is 15.5. The highest BCUT2D eigenvalue weighted by Crippen LogP contribution is 2.37. The van der Waals surface area contributed by atoms with Crippen LogP contribution in [0, 0.1) is 0 Å². The molecule has 1 aliphatic rings. The van der Waals surface area contributed by atoms with E-state index in [2.05, 4.69) is 72.3 Å². The topological polar surface area (TPSA) is 309 Å². The molecule has 3 rings (SSSR count). The van der Waals surface area contributed by atoms with E-state index in [0.717, 1.165) is 0 Å². The first-order valence-electron chi connectivity index (χ1n) is 27.0. The van der Waals surface area contributed by atoms with Crippen molar-refractivity contribution in [2.24, 2.45) is 5.73 Å². The minimum Gasteiger partial charge on any atom is -0.544 e. The average Bonchev–Trinajstić information content (AvgIpc) is 3.85. The maximum atomic E-state index is 14.7. The van der Waals surface area contributed by atoms with Gasteiger partial charge in [-0.05, 0) is 128 Å². The number of nitrogens with one attached hydrogen (secondary N) is 6. The Balaban J connectivity index is 2.04. The van der Waals surface area contributed by atoms with E-state index >= 15 is 0 Å². The molecule has 0 spiro atoms. The summed E-state index contributed by atoms with van der Waals surface area (Å²) in [5.41, 5.74) is 4.85. The Hall–Kier alpha value is -7.30. The van der Waals surface area contributed by atoms with Gasteiger partial charge in [0.15, 0.2) is 0 Å². The molecule has 1 heterocycles. The third kappa shape index (κ3) is 23.2. The van der Waals surface area contributed by atoms with E-state index in [4.69, 9.17) is 24.4 Å². The lowest BCUT2D eigenvalue weighted by atomic mass is 10.0. The van der Waals surface area contributed by atoms with Crippen LogP contribution in [0.15, 0.2) is 61.2 Å². The predicted octanol–water partition coefficient (Wildman–Crippen LogP) is 3.72. The van der Waals surface area contributed by atoms with Gasteiger partial charge in [-0.15, -0.1) is 0 Å². The zero-order valence-electron chi connectivity index (χ0n) is 48.9. The number of likely N-dealkylation sites (tertiary alicyclic amines) is 1. The van der Waals surface area contributed by atoms with Gasteiger partial charge in [-0.25, -0.2) is 0 Å². The second-order valence-corrected chi connectivity index (χ2v) is 28.2. The molecule has 80 heavy (non-hydrogen) atoms. The van der Waals surface area contributed by atoms with Crippen molar-refractivity contribution in [3.05, 3.63) is 72.3 Å². The molecule has 8 N–H and O–H groups in total. The molecule has 6 atom stereocenters. The fraction of sp³-hybridized carbons (Fsp3) is 0.579. The number of nitrogens with zero attached hydrogens (tertiary/aromatic N) is 1. The molecule has 0 unspecified atom stereocenters. The van der Waals surface area contributed by atoms with Gasteiger partial charge in [0.2, 0.25) is 55.6 Å². The molecule has 0 radical (unpaired) electrons. The third-order valence-corrected chi connectivity index (χ3v) is 17.4. The highest BCUT2D eigenvalue weighted by atomic mass is 28.4. The maximum absolute atomic E-state index is 14.7. The summed E-state index contributed by atoms with van der Waals surface area (Å²) in [6, 6.07) is 5.89. The minimum absolute atomic E-state index is 0.109. The van der Waals surface area contributed by atoms with Crippen LogP contribution in [0.4, 0.5) is 0 Å². The fourth-order valence-electron chi connectivity index (χ4n) is 8.04. The van der Waals surface area contributed by atoms with Crippen molar-refractivity contribution in [2.75, 3.05) is 19.7 Å². The van der Waals surface area contributed by atoms with E-state index in [1.54, 1.807) is 96.1 Å². The van der Waals surface area contributed by atoms with Crippen LogP contribution in [0.1, 0.15) is 126 Å². The van der Waals surface area contributed by atoms with Crippen LogP contribution in [0.3, 0.4) is 0 Å². The van der Waals surface area contributed by atoms with Gasteiger partial charge in [-0.2, -0.15) is 0 Å². The first kappa shape index (κ1) is 67.0. The highest BCUT2D eigenvalue weighted by molar-refractivity contribution is 6.74. The van der Waals surface area contributed by atoms with Crippen LogP contribution in [-0.2, 0) is 70.3 Å². The Labute approximate surface area is 471 Å². The van der Waals surface area contributed by atoms with Crippen LogP contribution < -0.4 is 46.8 Å². The quantitative estimate of drug-likeness (QED) is 0.0363. The average molecular weight is 1140 g/mol. The summed E-state index contributed by atoms with van der Waals surface area (Å²) in [7, 11) is -2.26. The Morgan fingerprint density at radius 3 is 1.57 bits per heavy atom. The molecular formula is C57H86N8O14Si. The largest absolute Gasteiger partial charge is 0.544 e. The van der Waals surface area contributed by atoms with Crippen molar-refractivity contribution >= 4 is 67.5 Å². The van der Waals surface area contributed by atoms with E-state index in [-0.39, 0.29) is 50.3 Å². The molecule has 8 amide bonds. The molecule has 0 aliphatic carbocycles. The van der Waals surface area contributed by atoms with Gasteiger partial charge in [0, 0.05) is 39.2 Å². The SMILES string of the molecule is C=CCOc1ccc(C[C@H](NC(=O)[C@H](CCC(=O)OC(C)(C)C)NC(C)=O)C(=O)N[C@@H](CCC(=O)OC(C)(C)C)C(=O)N[C@@H](Cc2ccc(O[Si](C)(C)C(C)(C)C)cc2)C(=O)NCC(=O)N[C@@H](C)C(=O)N2CCC[C@H]2C(N)=O)cc1. The van der Waals surface area contributed by atoms with E-state index in [9.17, 15) is 47.9 Å². The van der Waals surface area contributed by atoms with Gasteiger partial charge in [-0.3, -0.25) is 47.9 Å². The molecule has 2 aromatic rings. The Morgan fingerprint density at radius 2 is 1.12 bits per heavy atom. The van der Waals surface area contributed by atoms with Gasteiger partial charge in [-0.1, -0.05) is 57.7 Å². The van der Waals surface area contributed by atoms with Crippen molar-refractivity contribution < 1.29 is 66.6 Å². The number of carbonyl (C=O) groups is 10. The van der Waals surface area contributed by atoms with Crippen molar-refractivity contribution in [3.63, 3.8) is 0 Å². The van der Waals surface area contributed by atoms with E-state index < -0.39 is 128 Å². The summed E-state index contributed by atoms with van der Waals surface area (Å²) in [6.45, 7) is 26.7. The number of amides is 8. The van der Waals surface area contributed by atoms with Gasteiger partial charge in [0.25, 0.3) is 0 Å². The highest BCUT2D eigenvalue weighted by Gasteiger charge is 2.40. The van der Waals surface area contributed by atoms with Crippen molar-refractivity contribution in [1.82, 2.24) is 36.8 Å². The van der Waals surface area contributed by atoms with E-state index in [0.29, 0.717) is 35.5 Å². The lowest BCUT2D eigenvalue weighted by molar-refractivity contribution is -0.156. The molecule has 1 fully saturated rings. The number of nitrogens with two attached hydrogens (primary N) is 1. The minimum atomic E-state index is -2.26. The molecule has 442 valence electrons. The summed E-state index contributed by atoms with van der Waals surface area (Å²) in [6.07, 6.45) is 0.971. The van der Waals surface area contributed by atoms with Gasteiger partial charge in [0.1, 0.15) is 65.6 Å². The monoisotopic (exact) mass is 1130 g/mol. The number of hydrogen-bond donors (Lipinski definition) is 7. The fourth-order valence-corrected chi connectivity index (χ4v) is 9.07. The summed E-state index contributed by atoms with van der Waals surface area (Å²) in [4.78, 5) is 136. The Bertz CT molecular complexity index is 2520. The van der Waals surface area contributed by atoms with Crippen LogP contribution in [0.2, 0.25) is 18.1 Å². The Kier molecular flexibility index (Phi) is 24.9. The van der Waals surface area contributed by atoms with Crippen LogP contribution in [0.5, 0.6) is 11.5 Å². The number of hydrogen-bond acceptors (Lipinski definition) is 14. The van der Waals surface area contributed by atoms with Gasteiger partial charge < -0.3 is 61.2 Å². The van der Waals surface area contributed by atoms with Gasteiger partial charge >= 0.3 is 11.9 Å². The summed E-state index contributed by atoms with van der Waals surface area (Å²) in [5, 5.41) is 15.6. The number of ether oxygens (including phenoxy) is 3. The second kappa shape index (κ2) is 29.8. The molecule has 2 aromatic carbocycles. The molecule has 1 aliphatic heterocycles. The maximum Gasteiger partial charge on any atom is 0.306 e. The molecule has 0 saturated carbocycles. The van der Waals surface area contributed by atoms with E-state index in [1.165, 1.54) is 18.7 Å². The number of esters is 2. The van der Waals surface area contributed by atoms with E-state index in [1.807, 2.05) is 0 Å². The zero-order valence-corrected chi connectivity index (χ0v) is 49.9. The number of primary amides is 1. The predicted molar refractivity (Wildman–Crippen MR) is 302 cm³/mol. The molecule has 22 nitrogen and oxygen atoms in total. The third-order valence-electron chi connectivity index (χ3n) is 13.0. The lowest BCUT2D eigenvalue weighted by Gasteiger charge is -2.36. The van der Waals surface area contributed by atoms with Gasteiger partial charge in [0.05, 0.1) is 6.54 Å². The molecule has 23 heteroatoms. The van der Waals surface area contributed by atoms with Crippen LogP contribution in [0.25, 0.3) is 0 Å². The lowest BCUT2D eigenvalue weighted by Crippen LogP contribution is -2.59. The Morgan fingerprint density at radius 1 is 0.675 bits per heavy atom. The smallest absolute Gasteiger partial charge is 0.306 e. The number of carbonyl (C=O) groups excluding carboxylic acids is 10. The molecule has 0 aromatic heterocycles. The van der Waals surface area contributed by atoms with Crippen molar-refractivity contribution in [2.45, 2.75) is 193 Å². The first-order valence-corrected chi connectivity index (χ1v) is 29.9. The second-order valence-electron chi connectivity index (χ2n) is 23.4. The van der Waals surface area contributed by atoms with Crippen LogP contribution in [-0.4, -0.2) is 140 Å². The van der Waals surface area contributed by atoms with Crippen molar-refractivity contribution in [1.29, 1.82) is 0 Å². The summed E-state index contributed by atoms with van der Waals surface area (Å²) < 4.78 is 23.0. The molecular weight excluding hydrogens is 1050 g/mol. The number of rotatable bonds is 28. The first-order chi connectivity index (χ1) is 37.1. The summed E-state index contributed by atoms with van der Waals surface area (Å²) >= 11 is 0. The van der Waals surface area contributed by atoms with Crippen LogP contribution >= 0.6 is 0 Å². The number of benzene rings is 2. The molecule has 0 bridgehead atoms. The standard InChI is InChI=1S/C57H86N8O14Si/c1-15-31-76-39-22-18-37(19-23-39)33-44(64-51(72)41(61-36(3)66)26-28-47(68)77-55(4,5)6)53(74)62-42(27-29-48(69)78-56(7,8)9)52(73)63-43(32-38-20-24-40(25-21-38)79-80(13,14)57(10,11)12)50(71)59-34-46(67)60-35(2)54(75)65-30-16-17-45(65)49(58)70/h15,18-25,35,41-45H,1,16-17,26-34H2,2-14H3,(H2,58,70)(H,59,71)(H,60,67)(H,61,66)(H,62,74)(H,63,73)(H,64,72)/t35-,41-,42-,43-,44-,45-/m0/s1. The zero-order chi connectivity index (χ0) is 60.3. The van der Waals surface area contributed by atoms with Crippen molar-refractivity contribution in [3.8, 4) is 11.5 Å². The summed E-state index contributed by atoms with van der Waals surface area (Å²) in [5.74, 6) is -6.31.